The molecule has 1 saturated heterocycles. The van der Waals surface area contributed by atoms with Crippen LogP contribution in [0.1, 0.15) is 21.7 Å². The number of ether oxygens (including phenoxy) is 2. The fraction of sp³-hybridized carbons (Fsp3) is 0.375. The van der Waals surface area contributed by atoms with Gasteiger partial charge in [-0.1, -0.05) is 11.6 Å². The van der Waals surface area contributed by atoms with Crippen molar-refractivity contribution in [1.82, 2.24) is 4.57 Å². The lowest BCUT2D eigenvalue weighted by atomic mass is 10.2. The number of aryl methyl sites for hydroxylation is 1. The number of amides is 1. The van der Waals surface area contributed by atoms with Crippen LogP contribution in [0.25, 0.3) is 0 Å². The molecule has 2 aromatic rings. The van der Waals surface area contributed by atoms with Crippen LogP contribution in [0, 0.1) is 6.92 Å². The van der Waals surface area contributed by atoms with Crippen LogP contribution in [0.15, 0.2) is 29.4 Å². The predicted octanol–water partition coefficient (Wildman–Crippen LogP) is 3.05. The van der Waals surface area contributed by atoms with E-state index in [9.17, 15) is 4.79 Å². The molecule has 2 heterocycles. The van der Waals surface area contributed by atoms with Crippen molar-refractivity contribution in [3.8, 4) is 5.75 Å². The maximum Gasteiger partial charge on any atom is 0.283 e. The molecular formula is C16H17ClN2O3S. The smallest absolute Gasteiger partial charge is 0.283 e. The summed E-state index contributed by atoms with van der Waals surface area (Å²) in [5, 5.41) is 0.474. The number of halogens is 1. The van der Waals surface area contributed by atoms with E-state index in [4.69, 9.17) is 21.1 Å². The van der Waals surface area contributed by atoms with E-state index >= 15 is 0 Å². The Kier molecular flexibility index (Phi) is 4.84. The lowest BCUT2D eigenvalue weighted by Gasteiger charge is -2.26. The third-order valence-corrected chi connectivity index (χ3v) is 4.79. The van der Waals surface area contributed by atoms with Crippen LogP contribution in [0.3, 0.4) is 0 Å². The average molecular weight is 353 g/mol. The fourth-order valence-electron chi connectivity index (χ4n) is 2.36. The molecule has 0 radical (unpaired) electrons. The number of aromatic nitrogens is 1. The van der Waals surface area contributed by atoms with Crippen molar-refractivity contribution in [3.63, 3.8) is 0 Å². The van der Waals surface area contributed by atoms with Crippen LogP contribution in [0.4, 0.5) is 0 Å². The summed E-state index contributed by atoms with van der Waals surface area (Å²) in [7, 11) is 1.52. The van der Waals surface area contributed by atoms with E-state index in [0.717, 1.165) is 17.9 Å². The molecular weight excluding hydrogens is 336 g/mol. The third kappa shape index (κ3) is 3.65. The Bertz CT molecular complexity index is 793. The molecule has 1 atom stereocenters. The largest absolute Gasteiger partial charge is 0.496 e. The Hall–Kier alpha value is -1.63. The summed E-state index contributed by atoms with van der Waals surface area (Å²) in [6, 6.07) is 4.92. The summed E-state index contributed by atoms with van der Waals surface area (Å²) in [6.07, 6.45) is 3.24. The van der Waals surface area contributed by atoms with Gasteiger partial charge < -0.3 is 14.0 Å². The lowest BCUT2D eigenvalue weighted by molar-refractivity contribution is -0.0595. The summed E-state index contributed by atoms with van der Waals surface area (Å²) >= 11 is 7.46. The minimum absolute atomic E-state index is 0.207. The van der Waals surface area contributed by atoms with Crippen molar-refractivity contribution >= 4 is 28.8 Å². The molecule has 1 aliphatic heterocycles. The lowest BCUT2D eigenvalue weighted by Crippen LogP contribution is -2.34. The number of carbonyl (C=O) groups excluding carboxylic acids is 1. The van der Waals surface area contributed by atoms with Crippen LogP contribution < -0.4 is 9.54 Å². The van der Waals surface area contributed by atoms with Crippen LogP contribution in [-0.4, -0.2) is 30.3 Å². The molecule has 0 saturated carbocycles. The van der Waals surface area contributed by atoms with Gasteiger partial charge in [0.25, 0.3) is 5.91 Å². The van der Waals surface area contributed by atoms with E-state index in [1.807, 2.05) is 17.7 Å². The van der Waals surface area contributed by atoms with E-state index in [1.165, 1.54) is 18.4 Å². The Morgan fingerprint density at radius 1 is 1.57 bits per heavy atom. The molecule has 1 aliphatic rings. The van der Waals surface area contributed by atoms with E-state index in [-0.39, 0.29) is 12.0 Å². The number of rotatable bonds is 4. The molecule has 0 spiro atoms. The van der Waals surface area contributed by atoms with Gasteiger partial charge in [-0.3, -0.25) is 4.79 Å². The van der Waals surface area contributed by atoms with Gasteiger partial charge in [0, 0.05) is 22.7 Å². The number of hydrogen-bond donors (Lipinski definition) is 0. The topological polar surface area (TPSA) is 52.8 Å². The van der Waals surface area contributed by atoms with Gasteiger partial charge in [-0.2, -0.15) is 4.99 Å². The maximum absolute atomic E-state index is 12.5. The molecule has 7 heteroatoms. The van der Waals surface area contributed by atoms with E-state index in [0.29, 0.717) is 27.7 Å². The highest BCUT2D eigenvalue weighted by molar-refractivity contribution is 7.09. The summed E-state index contributed by atoms with van der Waals surface area (Å²) in [5.74, 6) is 0.0970. The second-order valence-electron chi connectivity index (χ2n) is 5.32. The number of hydrogen-bond acceptors (Lipinski definition) is 4. The van der Waals surface area contributed by atoms with Crippen molar-refractivity contribution < 1.29 is 14.3 Å². The van der Waals surface area contributed by atoms with Crippen molar-refractivity contribution in [1.29, 1.82) is 0 Å². The van der Waals surface area contributed by atoms with Crippen molar-refractivity contribution in [2.24, 2.45) is 4.99 Å². The highest BCUT2D eigenvalue weighted by Crippen LogP contribution is 2.23. The van der Waals surface area contributed by atoms with Crippen molar-refractivity contribution in [3.05, 3.63) is 44.7 Å². The number of methoxy groups -OCH3 is 1. The fourth-order valence-corrected chi connectivity index (χ4v) is 3.38. The standard InChI is InChI=1S/C16H17ClN2O3S/c1-10-8-19(9-12-5-6-22-12)16(23-10)18-15(20)13-7-11(17)3-4-14(13)21-2/h3-4,7-8,12H,5-6,9H2,1-2H3. The molecule has 3 rings (SSSR count). The summed E-state index contributed by atoms with van der Waals surface area (Å²) in [4.78, 5) is 18.5. The zero-order valence-electron chi connectivity index (χ0n) is 12.9. The molecule has 0 aliphatic carbocycles. The first-order valence-corrected chi connectivity index (χ1v) is 8.47. The van der Waals surface area contributed by atoms with Crippen LogP contribution in [0.5, 0.6) is 5.75 Å². The third-order valence-electron chi connectivity index (χ3n) is 3.62. The Morgan fingerprint density at radius 3 is 3.00 bits per heavy atom. The molecule has 122 valence electrons. The van der Waals surface area contributed by atoms with Crippen LogP contribution in [0.2, 0.25) is 5.02 Å². The predicted molar refractivity (Wildman–Crippen MR) is 89.3 cm³/mol. The second-order valence-corrected chi connectivity index (χ2v) is 6.97. The van der Waals surface area contributed by atoms with Gasteiger partial charge in [-0.05, 0) is 31.5 Å². The highest BCUT2D eigenvalue weighted by Gasteiger charge is 2.19. The number of carbonyl (C=O) groups is 1. The van der Waals surface area contributed by atoms with Gasteiger partial charge in [0.1, 0.15) is 5.75 Å². The van der Waals surface area contributed by atoms with Crippen molar-refractivity contribution in [2.75, 3.05) is 13.7 Å². The minimum atomic E-state index is -0.366. The monoisotopic (exact) mass is 352 g/mol. The van der Waals surface area contributed by atoms with Gasteiger partial charge in [-0.15, -0.1) is 11.3 Å². The minimum Gasteiger partial charge on any atom is -0.496 e. The van der Waals surface area contributed by atoms with Gasteiger partial charge in [-0.25, -0.2) is 0 Å². The second kappa shape index (κ2) is 6.86. The number of benzene rings is 1. The first kappa shape index (κ1) is 16.2. The first-order valence-electron chi connectivity index (χ1n) is 7.28. The molecule has 1 unspecified atom stereocenters. The van der Waals surface area contributed by atoms with E-state index in [1.54, 1.807) is 18.2 Å². The van der Waals surface area contributed by atoms with Gasteiger partial charge >= 0.3 is 0 Å². The summed E-state index contributed by atoms with van der Waals surface area (Å²) in [5.41, 5.74) is 0.359. The molecule has 23 heavy (non-hydrogen) atoms. The van der Waals surface area contributed by atoms with Gasteiger partial charge in [0.15, 0.2) is 4.80 Å². The van der Waals surface area contributed by atoms with Gasteiger partial charge in [0.05, 0.1) is 25.3 Å². The highest BCUT2D eigenvalue weighted by atomic mass is 35.5. The maximum atomic E-state index is 12.5. The van der Waals surface area contributed by atoms with E-state index < -0.39 is 0 Å². The number of thiazole rings is 1. The Labute approximate surface area is 143 Å². The van der Waals surface area contributed by atoms with Crippen LogP contribution in [-0.2, 0) is 11.3 Å². The molecule has 0 bridgehead atoms. The molecule has 1 aromatic heterocycles. The average Bonchev–Trinajstić information content (AvgIpc) is 2.82. The summed E-state index contributed by atoms with van der Waals surface area (Å²) < 4.78 is 12.7. The molecule has 1 fully saturated rings. The van der Waals surface area contributed by atoms with Gasteiger partial charge in [0.2, 0.25) is 0 Å². The molecule has 0 N–H and O–H groups in total. The zero-order chi connectivity index (χ0) is 16.4. The SMILES string of the molecule is COc1ccc(Cl)cc1C(=O)N=c1sc(C)cn1CC1CCO1. The first-order chi connectivity index (χ1) is 11.1. The Balaban J connectivity index is 1.94. The normalized spacial score (nSPS) is 17.9. The molecule has 5 nitrogen and oxygen atoms in total. The van der Waals surface area contributed by atoms with Crippen molar-refractivity contribution in [2.45, 2.75) is 26.0 Å². The van der Waals surface area contributed by atoms with E-state index in [2.05, 4.69) is 4.99 Å². The number of nitrogens with zero attached hydrogens (tertiary/aromatic N) is 2. The molecule has 1 aromatic carbocycles. The zero-order valence-corrected chi connectivity index (χ0v) is 14.5. The Morgan fingerprint density at radius 2 is 2.35 bits per heavy atom. The van der Waals surface area contributed by atoms with Crippen LogP contribution >= 0.6 is 22.9 Å². The quantitative estimate of drug-likeness (QED) is 0.849. The summed E-state index contributed by atoms with van der Waals surface area (Å²) in [6.45, 7) is 3.51. The molecule has 1 amide bonds.